The van der Waals surface area contributed by atoms with Crippen LogP contribution >= 0.6 is 0 Å². The molecule has 0 heterocycles. The van der Waals surface area contributed by atoms with Crippen LogP contribution in [0.5, 0.6) is 0 Å². The predicted octanol–water partition coefficient (Wildman–Crippen LogP) is 0.398. The highest BCUT2D eigenvalue weighted by Gasteiger charge is 2.20. The molecule has 1 rings (SSSR count). The molecular weight excluding hydrogens is 220 g/mol. The van der Waals surface area contributed by atoms with Gasteiger partial charge >= 0.3 is 5.97 Å². The standard InChI is InChI=1S/C12H22N2O3/c1-14(7-3-4-12(16)17-2)11(15)9-13-8-10-5-6-10/h10,13H,3-9H2,1-2H3. The van der Waals surface area contributed by atoms with Crippen LogP contribution in [0.3, 0.4) is 0 Å². The van der Waals surface area contributed by atoms with E-state index >= 15 is 0 Å². The number of carbonyl (C=O) groups excluding carboxylic acids is 2. The second-order valence-corrected chi connectivity index (χ2v) is 4.57. The lowest BCUT2D eigenvalue weighted by Gasteiger charge is -2.17. The van der Waals surface area contributed by atoms with Gasteiger partial charge in [-0.25, -0.2) is 0 Å². The Balaban J connectivity index is 2.02. The number of esters is 1. The Morgan fingerprint density at radius 2 is 2.12 bits per heavy atom. The first-order chi connectivity index (χ1) is 8.13. The molecule has 5 heteroatoms. The molecule has 1 amide bonds. The molecule has 98 valence electrons. The topological polar surface area (TPSA) is 58.6 Å². The van der Waals surface area contributed by atoms with Crippen LogP contribution in [-0.2, 0) is 14.3 Å². The number of hydrogen-bond acceptors (Lipinski definition) is 4. The third-order valence-corrected chi connectivity index (χ3v) is 2.93. The van der Waals surface area contributed by atoms with E-state index in [1.807, 2.05) is 0 Å². The van der Waals surface area contributed by atoms with Crippen LogP contribution in [0.15, 0.2) is 0 Å². The van der Waals surface area contributed by atoms with E-state index in [0.717, 1.165) is 12.5 Å². The summed E-state index contributed by atoms with van der Waals surface area (Å²) in [7, 11) is 3.14. The average Bonchev–Trinajstić information content (AvgIpc) is 3.12. The molecule has 17 heavy (non-hydrogen) atoms. The lowest BCUT2D eigenvalue weighted by Crippen LogP contribution is -2.36. The third kappa shape index (κ3) is 6.26. The van der Waals surface area contributed by atoms with Crippen molar-refractivity contribution < 1.29 is 14.3 Å². The molecule has 1 fully saturated rings. The second-order valence-electron chi connectivity index (χ2n) is 4.57. The SMILES string of the molecule is COC(=O)CCCN(C)C(=O)CNCC1CC1. The summed E-state index contributed by atoms with van der Waals surface area (Å²) in [6.45, 7) is 1.94. The summed E-state index contributed by atoms with van der Waals surface area (Å²) in [4.78, 5) is 24.2. The minimum absolute atomic E-state index is 0.0792. The maximum atomic E-state index is 11.6. The lowest BCUT2D eigenvalue weighted by atomic mass is 10.3. The van der Waals surface area contributed by atoms with Crippen molar-refractivity contribution in [3.8, 4) is 0 Å². The number of ether oxygens (including phenoxy) is 1. The van der Waals surface area contributed by atoms with Gasteiger partial charge in [0.1, 0.15) is 0 Å². The zero-order valence-electron chi connectivity index (χ0n) is 10.7. The first-order valence-corrected chi connectivity index (χ1v) is 6.15. The maximum absolute atomic E-state index is 11.6. The molecule has 0 aromatic carbocycles. The molecule has 0 unspecified atom stereocenters. The summed E-state index contributed by atoms with van der Waals surface area (Å²) in [5, 5.41) is 3.16. The van der Waals surface area contributed by atoms with Gasteiger partial charge in [-0.15, -0.1) is 0 Å². The van der Waals surface area contributed by atoms with E-state index in [1.165, 1.54) is 20.0 Å². The van der Waals surface area contributed by atoms with Crippen LogP contribution in [0.4, 0.5) is 0 Å². The van der Waals surface area contributed by atoms with Gasteiger partial charge in [-0.3, -0.25) is 9.59 Å². The molecule has 0 spiro atoms. The predicted molar refractivity (Wildman–Crippen MR) is 64.5 cm³/mol. The first kappa shape index (κ1) is 14.0. The van der Waals surface area contributed by atoms with E-state index in [-0.39, 0.29) is 11.9 Å². The van der Waals surface area contributed by atoms with Crippen LogP contribution < -0.4 is 5.32 Å². The average molecular weight is 242 g/mol. The van der Waals surface area contributed by atoms with Crippen molar-refractivity contribution in [1.82, 2.24) is 10.2 Å². The van der Waals surface area contributed by atoms with Gasteiger partial charge in [-0.05, 0) is 31.7 Å². The quantitative estimate of drug-likeness (QED) is 0.626. The van der Waals surface area contributed by atoms with Gasteiger partial charge in [-0.2, -0.15) is 0 Å². The van der Waals surface area contributed by atoms with Gasteiger partial charge in [0.15, 0.2) is 0 Å². The van der Waals surface area contributed by atoms with Gasteiger partial charge in [0.05, 0.1) is 13.7 Å². The van der Waals surface area contributed by atoms with E-state index < -0.39 is 0 Å². The number of rotatable bonds is 8. The van der Waals surface area contributed by atoms with E-state index in [9.17, 15) is 9.59 Å². The maximum Gasteiger partial charge on any atom is 0.305 e. The molecule has 1 N–H and O–H groups in total. The van der Waals surface area contributed by atoms with Crippen molar-refractivity contribution >= 4 is 11.9 Å². The summed E-state index contributed by atoms with van der Waals surface area (Å²) in [5.74, 6) is 0.639. The highest BCUT2D eigenvalue weighted by atomic mass is 16.5. The molecule has 0 saturated heterocycles. The molecule has 1 saturated carbocycles. The fraction of sp³-hybridized carbons (Fsp3) is 0.833. The fourth-order valence-corrected chi connectivity index (χ4v) is 1.53. The van der Waals surface area contributed by atoms with Gasteiger partial charge in [0.2, 0.25) is 5.91 Å². The number of likely N-dealkylation sites (N-methyl/N-ethyl adjacent to an activating group) is 1. The lowest BCUT2D eigenvalue weighted by molar-refractivity contribution is -0.141. The molecular formula is C12H22N2O3. The minimum Gasteiger partial charge on any atom is -0.469 e. The van der Waals surface area contributed by atoms with Gasteiger partial charge in [0.25, 0.3) is 0 Å². The van der Waals surface area contributed by atoms with Gasteiger partial charge in [0, 0.05) is 20.0 Å². The van der Waals surface area contributed by atoms with Crippen LogP contribution in [0.25, 0.3) is 0 Å². The molecule has 0 aliphatic heterocycles. The van der Waals surface area contributed by atoms with E-state index in [1.54, 1.807) is 11.9 Å². The molecule has 0 aromatic rings. The van der Waals surface area contributed by atoms with Crippen molar-refractivity contribution in [3.05, 3.63) is 0 Å². The molecule has 1 aliphatic carbocycles. The smallest absolute Gasteiger partial charge is 0.305 e. The largest absolute Gasteiger partial charge is 0.469 e. The van der Waals surface area contributed by atoms with Crippen LogP contribution in [0.2, 0.25) is 0 Å². The van der Waals surface area contributed by atoms with Crippen LogP contribution in [0, 0.1) is 5.92 Å². The summed E-state index contributed by atoms with van der Waals surface area (Å²) in [5.41, 5.74) is 0. The van der Waals surface area contributed by atoms with Crippen LogP contribution in [0.1, 0.15) is 25.7 Å². The molecule has 0 radical (unpaired) electrons. The van der Waals surface area contributed by atoms with E-state index in [0.29, 0.717) is 25.9 Å². The van der Waals surface area contributed by atoms with Crippen molar-refractivity contribution in [2.24, 2.45) is 5.92 Å². The van der Waals surface area contributed by atoms with Crippen molar-refractivity contribution in [3.63, 3.8) is 0 Å². The minimum atomic E-state index is -0.224. The molecule has 1 aliphatic rings. The van der Waals surface area contributed by atoms with Crippen molar-refractivity contribution in [2.45, 2.75) is 25.7 Å². The zero-order valence-corrected chi connectivity index (χ0v) is 10.7. The molecule has 0 bridgehead atoms. The summed E-state index contributed by atoms with van der Waals surface area (Å²) in [6, 6.07) is 0. The van der Waals surface area contributed by atoms with Crippen molar-refractivity contribution in [2.75, 3.05) is 33.8 Å². The Bertz CT molecular complexity index is 264. The number of methoxy groups -OCH3 is 1. The Morgan fingerprint density at radius 3 is 2.71 bits per heavy atom. The zero-order chi connectivity index (χ0) is 12.7. The Labute approximate surface area is 102 Å². The Morgan fingerprint density at radius 1 is 1.41 bits per heavy atom. The molecule has 0 aromatic heterocycles. The second kappa shape index (κ2) is 7.27. The summed E-state index contributed by atoms with van der Waals surface area (Å²) >= 11 is 0. The first-order valence-electron chi connectivity index (χ1n) is 6.15. The highest BCUT2D eigenvalue weighted by Crippen LogP contribution is 2.27. The summed E-state index contributed by atoms with van der Waals surface area (Å²) in [6.07, 6.45) is 3.59. The fourth-order valence-electron chi connectivity index (χ4n) is 1.53. The number of carbonyl (C=O) groups is 2. The number of amides is 1. The normalized spacial score (nSPS) is 14.5. The number of nitrogens with one attached hydrogen (secondary N) is 1. The van der Waals surface area contributed by atoms with Crippen LogP contribution in [-0.4, -0.2) is 50.6 Å². The molecule has 0 atom stereocenters. The number of hydrogen-bond donors (Lipinski definition) is 1. The van der Waals surface area contributed by atoms with Crippen molar-refractivity contribution in [1.29, 1.82) is 0 Å². The highest BCUT2D eigenvalue weighted by molar-refractivity contribution is 5.78. The third-order valence-electron chi connectivity index (χ3n) is 2.93. The van der Waals surface area contributed by atoms with Gasteiger partial charge < -0.3 is 15.0 Å². The summed E-state index contributed by atoms with van der Waals surface area (Å²) < 4.78 is 4.54. The Kier molecular flexibility index (Phi) is 5.97. The number of nitrogens with zero attached hydrogens (tertiary/aromatic N) is 1. The van der Waals surface area contributed by atoms with E-state index in [2.05, 4.69) is 10.1 Å². The Hall–Kier alpha value is -1.10. The monoisotopic (exact) mass is 242 g/mol. The van der Waals surface area contributed by atoms with E-state index in [4.69, 9.17) is 0 Å². The van der Waals surface area contributed by atoms with Gasteiger partial charge in [-0.1, -0.05) is 0 Å². The molecule has 5 nitrogen and oxygen atoms in total.